The third-order valence-electron chi connectivity index (χ3n) is 4.01. The highest BCUT2D eigenvalue weighted by atomic mass is 16.5. The molecule has 27 heavy (non-hydrogen) atoms. The lowest BCUT2D eigenvalue weighted by Gasteiger charge is -2.11. The molecule has 0 radical (unpaired) electrons. The number of hydrogen-bond acceptors (Lipinski definition) is 5. The molecule has 0 aliphatic carbocycles. The molecule has 1 heterocycles. The van der Waals surface area contributed by atoms with Gasteiger partial charge in [0.25, 0.3) is 5.91 Å². The number of carbonyl (C=O) groups is 1. The van der Waals surface area contributed by atoms with Crippen molar-refractivity contribution in [2.24, 2.45) is 0 Å². The van der Waals surface area contributed by atoms with Crippen LogP contribution < -0.4 is 20.1 Å². The lowest BCUT2D eigenvalue weighted by atomic mass is 10.2. The Kier molecular flexibility index (Phi) is 5.89. The van der Waals surface area contributed by atoms with Crippen LogP contribution in [0, 0.1) is 0 Å². The van der Waals surface area contributed by atoms with E-state index in [1.165, 1.54) is 6.20 Å². The summed E-state index contributed by atoms with van der Waals surface area (Å²) in [6.07, 6.45) is 3.17. The van der Waals surface area contributed by atoms with Crippen LogP contribution >= 0.6 is 0 Å². The number of methoxy groups -OCH3 is 2. The molecule has 0 spiro atoms. The average Bonchev–Trinajstić information content (AvgIpc) is 2.73. The topological polar surface area (TPSA) is 72.5 Å². The Morgan fingerprint density at radius 1 is 0.963 bits per heavy atom. The molecule has 1 aromatic heterocycles. The van der Waals surface area contributed by atoms with Crippen LogP contribution in [0.5, 0.6) is 11.5 Å². The summed E-state index contributed by atoms with van der Waals surface area (Å²) in [7, 11) is 3.23. The molecular formula is C21H21N3O3. The monoisotopic (exact) mass is 363 g/mol. The lowest BCUT2D eigenvalue weighted by Crippen LogP contribution is -2.11. The van der Waals surface area contributed by atoms with Crippen molar-refractivity contribution in [3.63, 3.8) is 0 Å². The van der Waals surface area contributed by atoms with Crippen LogP contribution in [0.3, 0.4) is 0 Å². The smallest absolute Gasteiger partial charge is 0.257 e. The number of hydrogen-bond donors (Lipinski definition) is 2. The molecule has 0 aliphatic heterocycles. The lowest BCUT2D eigenvalue weighted by molar-refractivity contribution is 0.102. The van der Waals surface area contributed by atoms with Gasteiger partial charge in [0.2, 0.25) is 0 Å². The Morgan fingerprint density at radius 3 is 2.37 bits per heavy atom. The maximum absolute atomic E-state index is 12.1. The van der Waals surface area contributed by atoms with Crippen molar-refractivity contribution in [1.29, 1.82) is 0 Å². The summed E-state index contributed by atoms with van der Waals surface area (Å²) in [5, 5.41) is 6.19. The second-order valence-corrected chi connectivity index (χ2v) is 5.82. The third kappa shape index (κ3) is 4.76. The average molecular weight is 363 g/mol. The van der Waals surface area contributed by atoms with Gasteiger partial charge >= 0.3 is 0 Å². The molecule has 2 N–H and O–H groups in total. The number of nitrogens with one attached hydrogen (secondary N) is 2. The van der Waals surface area contributed by atoms with Gasteiger partial charge in [-0.3, -0.25) is 9.78 Å². The molecule has 3 aromatic rings. The van der Waals surface area contributed by atoms with E-state index in [2.05, 4.69) is 15.6 Å². The fourth-order valence-corrected chi connectivity index (χ4v) is 2.57. The van der Waals surface area contributed by atoms with Crippen LogP contribution in [0.1, 0.15) is 15.9 Å². The first-order valence-corrected chi connectivity index (χ1v) is 8.46. The highest BCUT2D eigenvalue weighted by Crippen LogP contribution is 2.28. The Balaban J connectivity index is 1.59. The number of ether oxygens (including phenoxy) is 2. The quantitative estimate of drug-likeness (QED) is 0.665. The first-order valence-electron chi connectivity index (χ1n) is 8.46. The zero-order valence-electron chi connectivity index (χ0n) is 15.2. The first-order chi connectivity index (χ1) is 13.2. The van der Waals surface area contributed by atoms with Crippen molar-refractivity contribution in [1.82, 2.24) is 4.98 Å². The van der Waals surface area contributed by atoms with Crippen molar-refractivity contribution in [2.75, 3.05) is 24.9 Å². The SMILES string of the molecule is COc1ccc(CNc2ccc(NC(=O)c3cccnc3)cc2)cc1OC. The van der Waals surface area contributed by atoms with E-state index in [1.54, 1.807) is 32.5 Å². The standard InChI is InChI=1S/C21H21N3O3/c1-26-19-10-5-15(12-20(19)27-2)13-23-17-6-8-18(9-7-17)24-21(25)16-4-3-11-22-14-16/h3-12,14,23H,13H2,1-2H3,(H,24,25). The second-order valence-electron chi connectivity index (χ2n) is 5.82. The van der Waals surface area contributed by atoms with Crippen molar-refractivity contribution in [3.05, 3.63) is 78.1 Å². The van der Waals surface area contributed by atoms with Gasteiger partial charge in [0, 0.05) is 30.3 Å². The van der Waals surface area contributed by atoms with Crippen molar-refractivity contribution in [3.8, 4) is 11.5 Å². The van der Waals surface area contributed by atoms with E-state index < -0.39 is 0 Å². The van der Waals surface area contributed by atoms with Crippen LogP contribution in [-0.2, 0) is 6.54 Å². The number of carbonyl (C=O) groups excluding carboxylic acids is 1. The van der Waals surface area contributed by atoms with E-state index in [0.29, 0.717) is 23.6 Å². The summed E-state index contributed by atoms with van der Waals surface area (Å²) in [6.45, 7) is 0.641. The molecule has 1 amide bonds. The molecule has 0 fully saturated rings. The minimum absolute atomic E-state index is 0.186. The zero-order chi connectivity index (χ0) is 19.1. The number of aromatic nitrogens is 1. The Bertz CT molecular complexity index is 896. The highest BCUT2D eigenvalue weighted by molar-refractivity contribution is 6.04. The van der Waals surface area contributed by atoms with Gasteiger partial charge in [0.15, 0.2) is 11.5 Å². The molecule has 0 bridgehead atoms. The number of amides is 1. The van der Waals surface area contributed by atoms with Gasteiger partial charge in [0.05, 0.1) is 19.8 Å². The van der Waals surface area contributed by atoms with E-state index in [-0.39, 0.29) is 5.91 Å². The number of anilines is 2. The maximum Gasteiger partial charge on any atom is 0.257 e. The van der Waals surface area contributed by atoms with Gasteiger partial charge in [-0.1, -0.05) is 6.07 Å². The van der Waals surface area contributed by atoms with Gasteiger partial charge in [-0.05, 0) is 54.1 Å². The molecule has 2 aromatic carbocycles. The van der Waals surface area contributed by atoms with Gasteiger partial charge in [-0.2, -0.15) is 0 Å². The van der Waals surface area contributed by atoms with Gasteiger partial charge in [0.1, 0.15) is 0 Å². The van der Waals surface area contributed by atoms with Crippen LogP contribution in [0.15, 0.2) is 67.0 Å². The number of benzene rings is 2. The number of nitrogens with zero attached hydrogens (tertiary/aromatic N) is 1. The summed E-state index contributed by atoms with van der Waals surface area (Å²) in [6, 6.07) is 16.8. The summed E-state index contributed by atoms with van der Waals surface area (Å²) in [5.74, 6) is 1.22. The van der Waals surface area contributed by atoms with Crippen LogP contribution in [-0.4, -0.2) is 25.1 Å². The number of pyridine rings is 1. The summed E-state index contributed by atoms with van der Waals surface area (Å²) in [4.78, 5) is 16.1. The van der Waals surface area contributed by atoms with Gasteiger partial charge in [-0.25, -0.2) is 0 Å². The highest BCUT2D eigenvalue weighted by Gasteiger charge is 2.06. The molecule has 6 nitrogen and oxygen atoms in total. The Labute approximate surface area is 158 Å². The third-order valence-corrected chi connectivity index (χ3v) is 4.01. The van der Waals surface area contributed by atoms with E-state index in [4.69, 9.17) is 9.47 Å². The van der Waals surface area contributed by atoms with Crippen LogP contribution in [0.25, 0.3) is 0 Å². The molecule has 0 saturated carbocycles. The molecule has 0 unspecified atom stereocenters. The van der Waals surface area contributed by atoms with Crippen molar-refractivity contribution >= 4 is 17.3 Å². The molecule has 0 atom stereocenters. The van der Waals surface area contributed by atoms with Crippen molar-refractivity contribution < 1.29 is 14.3 Å². The molecule has 138 valence electrons. The molecule has 3 rings (SSSR count). The van der Waals surface area contributed by atoms with E-state index >= 15 is 0 Å². The summed E-state index contributed by atoms with van der Waals surface area (Å²) >= 11 is 0. The predicted molar refractivity (Wildman–Crippen MR) is 106 cm³/mol. The van der Waals surface area contributed by atoms with Crippen LogP contribution in [0.4, 0.5) is 11.4 Å². The summed E-state index contributed by atoms with van der Waals surface area (Å²) in [5.41, 5.74) is 3.26. The fraction of sp³-hybridized carbons (Fsp3) is 0.143. The summed E-state index contributed by atoms with van der Waals surface area (Å²) < 4.78 is 10.6. The van der Waals surface area contributed by atoms with Crippen LogP contribution in [0.2, 0.25) is 0 Å². The number of rotatable bonds is 7. The van der Waals surface area contributed by atoms with E-state index in [0.717, 1.165) is 16.9 Å². The second kappa shape index (κ2) is 8.71. The van der Waals surface area contributed by atoms with E-state index in [9.17, 15) is 4.79 Å². The fourth-order valence-electron chi connectivity index (χ4n) is 2.57. The van der Waals surface area contributed by atoms with Gasteiger partial charge in [-0.15, -0.1) is 0 Å². The van der Waals surface area contributed by atoms with Gasteiger partial charge < -0.3 is 20.1 Å². The Morgan fingerprint density at radius 2 is 1.70 bits per heavy atom. The Hall–Kier alpha value is -3.54. The zero-order valence-corrected chi connectivity index (χ0v) is 15.2. The minimum atomic E-state index is -0.186. The minimum Gasteiger partial charge on any atom is -0.493 e. The molecule has 0 saturated heterocycles. The molecule has 0 aliphatic rings. The molecular weight excluding hydrogens is 342 g/mol. The predicted octanol–water partition coefficient (Wildman–Crippen LogP) is 3.96. The molecule has 6 heteroatoms. The van der Waals surface area contributed by atoms with Crippen molar-refractivity contribution in [2.45, 2.75) is 6.54 Å². The maximum atomic E-state index is 12.1. The normalized spacial score (nSPS) is 10.1. The largest absolute Gasteiger partial charge is 0.493 e. The first kappa shape index (κ1) is 18.3. The van der Waals surface area contributed by atoms with E-state index in [1.807, 2.05) is 42.5 Å².